The normalized spacial score (nSPS) is 10.2. The number of rotatable bonds is 5. The average molecular weight is 258 g/mol. The first-order chi connectivity index (χ1) is 8.47. The summed E-state index contributed by atoms with van der Waals surface area (Å²) in [5.74, 6) is -0.953. The van der Waals surface area contributed by atoms with Crippen molar-refractivity contribution >= 4 is 17.7 Å². The number of carboxylic acids is 1. The van der Waals surface area contributed by atoms with E-state index in [4.69, 9.17) is 5.11 Å². The predicted molar refractivity (Wildman–Crippen MR) is 60.8 cm³/mol. The summed E-state index contributed by atoms with van der Waals surface area (Å²) < 4.78 is 23.6. The van der Waals surface area contributed by atoms with Crippen molar-refractivity contribution in [3.05, 3.63) is 29.8 Å². The van der Waals surface area contributed by atoms with Gasteiger partial charge in [0, 0.05) is 5.69 Å². The minimum absolute atomic E-state index is 0.113. The highest BCUT2D eigenvalue weighted by Crippen LogP contribution is 2.09. The van der Waals surface area contributed by atoms with E-state index in [1.807, 2.05) is 5.32 Å². The number of carbonyl (C=O) groups excluding carboxylic acids is 1. The smallest absolute Gasteiger partial charge is 0.319 e. The van der Waals surface area contributed by atoms with E-state index in [1.54, 1.807) is 0 Å². The lowest BCUT2D eigenvalue weighted by Gasteiger charge is -2.07. The van der Waals surface area contributed by atoms with Crippen LogP contribution in [0, 0.1) is 0 Å². The average Bonchev–Trinajstić information content (AvgIpc) is 2.28. The van der Waals surface area contributed by atoms with Crippen molar-refractivity contribution in [1.29, 1.82) is 0 Å². The first-order valence-corrected chi connectivity index (χ1v) is 5.11. The Balaban J connectivity index is 2.48. The van der Waals surface area contributed by atoms with Gasteiger partial charge in [0.1, 0.15) is 0 Å². The maximum atomic E-state index is 11.8. The number of nitrogens with one attached hydrogen (secondary N) is 2. The van der Waals surface area contributed by atoms with E-state index in [9.17, 15) is 18.4 Å². The summed E-state index contributed by atoms with van der Waals surface area (Å²) in [7, 11) is 0. The second-order valence-corrected chi connectivity index (χ2v) is 3.49. The maximum Gasteiger partial charge on any atom is 0.319 e. The van der Waals surface area contributed by atoms with Crippen molar-refractivity contribution in [2.24, 2.45) is 0 Å². The Morgan fingerprint density at radius 1 is 1.22 bits per heavy atom. The van der Waals surface area contributed by atoms with Gasteiger partial charge >= 0.3 is 12.0 Å². The van der Waals surface area contributed by atoms with Gasteiger partial charge in [0.15, 0.2) is 0 Å². The SMILES string of the molecule is O=C(O)Cc1ccc(NC(=O)NCC(F)F)cc1. The summed E-state index contributed by atoms with van der Waals surface area (Å²) in [5.41, 5.74) is 0.983. The molecule has 1 aromatic carbocycles. The van der Waals surface area contributed by atoms with Crippen LogP contribution in [0.5, 0.6) is 0 Å². The lowest BCUT2D eigenvalue weighted by atomic mass is 10.1. The second kappa shape index (κ2) is 6.53. The Morgan fingerprint density at radius 3 is 2.33 bits per heavy atom. The fourth-order valence-electron chi connectivity index (χ4n) is 1.23. The first-order valence-electron chi connectivity index (χ1n) is 5.11. The number of carboxylic acid groups (broad SMARTS) is 1. The Hall–Kier alpha value is -2.18. The van der Waals surface area contributed by atoms with Crippen LogP contribution in [-0.4, -0.2) is 30.1 Å². The molecule has 5 nitrogen and oxygen atoms in total. The Bertz CT molecular complexity index is 421. The molecule has 0 atom stereocenters. The molecule has 0 aliphatic carbocycles. The van der Waals surface area contributed by atoms with Gasteiger partial charge in [-0.15, -0.1) is 0 Å². The minimum atomic E-state index is -2.60. The quantitative estimate of drug-likeness (QED) is 0.752. The molecule has 2 amide bonds. The Kier molecular flexibility index (Phi) is 5.04. The van der Waals surface area contributed by atoms with Crippen molar-refractivity contribution in [1.82, 2.24) is 5.32 Å². The van der Waals surface area contributed by atoms with Gasteiger partial charge in [-0.05, 0) is 17.7 Å². The number of hydrogen-bond donors (Lipinski definition) is 3. The molecule has 0 unspecified atom stereocenters. The highest BCUT2D eigenvalue weighted by Gasteiger charge is 2.06. The molecule has 0 heterocycles. The van der Waals surface area contributed by atoms with Crippen LogP contribution in [0.25, 0.3) is 0 Å². The number of carbonyl (C=O) groups is 2. The molecule has 0 aliphatic heterocycles. The number of amides is 2. The summed E-state index contributed by atoms with van der Waals surface area (Å²) in [5, 5.41) is 12.9. The van der Waals surface area contributed by atoms with E-state index in [1.165, 1.54) is 24.3 Å². The number of anilines is 1. The molecule has 7 heteroatoms. The van der Waals surface area contributed by atoms with Gasteiger partial charge in [0.05, 0.1) is 13.0 Å². The van der Waals surface area contributed by atoms with Gasteiger partial charge in [-0.25, -0.2) is 13.6 Å². The lowest BCUT2D eigenvalue weighted by molar-refractivity contribution is -0.136. The molecule has 1 aromatic rings. The number of aliphatic carboxylic acids is 1. The molecular formula is C11H12F2N2O3. The van der Waals surface area contributed by atoms with Crippen molar-refractivity contribution in [3.8, 4) is 0 Å². The van der Waals surface area contributed by atoms with Gasteiger partial charge in [-0.2, -0.15) is 0 Å². The van der Waals surface area contributed by atoms with Gasteiger partial charge in [0.25, 0.3) is 6.43 Å². The molecule has 0 saturated carbocycles. The Morgan fingerprint density at radius 2 is 1.83 bits per heavy atom. The summed E-state index contributed by atoms with van der Waals surface area (Å²) in [6.07, 6.45) is -2.72. The van der Waals surface area contributed by atoms with E-state index in [2.05, 4.69) is 5.32 Å². The largest absolute Gasteiger partial charge is 0.481 e. The monoisotopic (exact) mass is 258 g/mol. The number of benzene rings is 1. The van der Waals surface area contributed by atoms with Crippen LogP contribution in [0.2, 0.25) is 0 Å². The third kappa shape index (κ3) is 5.24. The molecule has 98 valence electrons. The summed E-state index contributed by atoms with van der Waals surface area (Å²) in [6.45, 7) is -0.719. The number of alkyl halides is 2. The van der Waals surface area contributed by atoms with Crippen molar-refractivity contribution in [2.45, 2.75) is 12.8 Å². The van der Waals surface area contributed by atoms with Gasteiger partial charge in [-0.3, -0.25) is 4.79 Å². The molecule has 0 radical (unpaired) electrons. The van der Waals surface area contributed by atoms with Crippen molar-refractivity contribution in [3.63, 3.8) is 0 Å². The second-order valence-electron chi connectivity index (χ2n) is 3.49. The molecule has 1 rings (SSSR count). The summed E-state index contributed by atoms with van der Waals surface area (Å²) in [4.78, 5) is 21.6. The van der Waals surface area contributed by atoms with Gasteiger partial charge in [-0.1, -0.05) is 12.1 Å². The van der Waals surface area contributed by atoms with E-state index >= 15 is 0 Å². The highest BCUT2D eigenvalue weighted by atomic mass is 19.3. The molecule has 0 fully saturated rings. The summed E-state index contributed by atoms with van der Waals surface area (Å²) in [6, 6.07) is 5.34. The molecule has 0 aromatic heterocycles. The molecule has 0 spiro atoms. The van der Waals surface area contributed by atoms with E-state index < -0.39 is 25.0 Å². The Labute approximate surface area is 102 Å². The molecule has 3 N–H and O–H groups in total. The zero-order valence-corrected chi connectivity index (χ0v) is 9.32. The fourth-order valence-corrected chi connectivity index (χ4v) is 1.23. The van der Waals surface area contributed by atoms with Crippen LogP contribution in [0.3, 0.4) is 0 Å². The standard InChI is InChI=1S/C11H12F2N2O3/c12-9(13)6-14-11(18)15-8-3-1-7(2-4-8)5-10(16)17/h1-4,9H,5-6H2,(H,16,17)(H2,14,15,18). The van der Waals surface area contributed by atoms with Gasteiger partial charge < -0.3 is 15.7 Å². The van der Waals surface area contributed by atoms with Crippen LogP contribution >= 0.6 is 0 Å². The van der Waals surface area contributed by atoms with E-state index in [-0.39, 0.29) is 6.42 Å². The van der Waals surface area contributed by atoms with Crippen LogP contribution in [0.1, 0.15) is 5.56 Å². The van der Waals surface area contributed by atoms with E-state index in [0.717, 1.165) is 0 Å². The minimum Gasteiger partial charge on any atom is -0.481 e. The highest BCUT2D eigenvalue weighted by molar-refractivity contribution is 5.89. The topological polar surface area (TPSA) is 78.4 Å². The summed E-state index contributed by atoms with van der Waals surface area (Å²) >= 11 is 0. The van der Waals surface area contributed by atoms with Crippen LogP contribution in [0.4, 0.5) is 19.3 Å². The zero-order chi connectivity index (χ0) is 13.5. The molecule has 18 heavy (non-hydrogen) atoms. The zero-order valence-electron chi connectivity index (χ0n) is 9.32. The fraction of sp³-hybridized carbons (Fsp3) is 0.273. The third-order valence-electron chi connectivity index (χ3n) is 1.98. The number of hydrogen-bond acceptors (Lipinski definition) is 2. The van der Waals surface area contributed by atoms with E-state index in [0.29, 0.717) is 11.3 Å². The third-order valence-corrected chi connectivity index (χ3v) is 1.98. The maximum absolute atomic E-state index is 11.8. The predicted octanol–water partition coefficient (Wildman–Crippen LogP) is 1.70. The molecule has 0 aliphatic rings. The molecule has 0 saturated heterocycles. The van der Waals surface area contributed by atoms with Crippen LogP contribution < -0.4 is 10.6 Å². The van der Waals surface area contributed by atoms with Crippen LogP contribution in [-0.2, 0) is 11.2 Å². The molecule has 0 bridgehead atoms. The lowest BCUT2D eigenvalue weighted by Crippen LogP contribution is -2.32. The van der Waals surface area contributed by atoms with Crippen molar-refractivity contribution < 1.29 is 23.5 Å². The number of halogens is 2. The first kappa shape index (κ1) is 13.9. The number of urea groups is 1. The van der Waals surface area contributed by atoms with Gasteiger partial charge in [0.2, 0.25) is 0 Å². The van der Waals surface area contributed by atoms with Crippen molar-refractivity contribution in [2.75, 3.05) is 11.9 Å². The molecular weight excluding hydrogens is 246 g/mol. The van der Waals surface area contributed by atoms with Crippen LogP contribution in [0.15, 0.2) is 24.3 Å².